The molecule has 0 aromatic heterocycles. The number of hydrogen-bond donors (Lipinski definition) is 2. The second-order valence-corrected chi connectivity index (χ2v) is 9.52. The van der Waals surface area contributed by atoms with E-state index in [0.29, 0.717) is 12.1 Å². The highest BCUT2D eigenvalue weighted by molar-refractivity contribution is 5.95. The largest absolute Gasteiger partial charge is 0.345 e. The number of amides is 3. The molecule has 1 atom stereocenters. The van der Waals surface area contributed by atoms with Crippen LogP contribution in [0.2, 0.25) is 0 Å². The van der Waals surface area contributed by atoms with Crippen LogP contribution in [0.1, 0.15) is 58.9 Å². The Hall–Kier alpha value is -2.37. The first-order valence-electron chi connectivity index (χ1n) is 10.5. The maximum absolute atomic E-state index is 12.7. The van der Waals surface area contributed by atoms with Gasteiger partial charge in [-0.05, 0) is 55.2 Å². The lowest BCUT2D eigenvalue weighted by atomic mass is 9.84. The summed E-state index contributed by atoms with van der Waals surface area (Å²) in [4.78, 5) is 38.8. The Kier molecular flexibility index (Phi) is 7.82. The van der Waals surface area contributed by atoms with Crippen LogP contribution in [0.3, 0.4) is 0 Å². The molecule has 1 aromatic rings. The molecule has 0 heterocycles. The molecule has 6 heteroatoms. The Labute approximate surface area is 174 Å². The van der Waals surface area contributed by atoms with E-state index >= 15 is 0 Å². The highest BCUT2D eigenvalue weighted by atomic mass is 16.2. The summed E-state index contributed by atoms with van der Waals surface area (Å²) < 4.78 is 0. The van der Waals surface area contributed by atoms with Crippen LogP contribution in [-0.4, -0.2) is 41.8 Å². The first-order chi connectivity index (χ1) is 13.5. The normalized spacial score (nSPS) is 14.8. The molecule has 6 nitrogen and oxygen atoms in total. The van der Waals surface area contributed by atoms with Gasteiger partial charge in [-0.15, -0.1) is 0 Å². The molecule has 0 aliphatic heterocycles. The summed E-state index contributed by atoms with van der Waals surface area (Å²) in [5.74, 6) is -0.282. The van der Waals surface area contributed by atoms with Crippen LogP contribution < -0.4 is 10.6 Å². The minimum atomic E-state index is -0.298. The zero-order chi connectivity index (χ0) is 21.6. The zero-order valence-electron chi connectivity index (χ0n) is 18.4. The van der Waals surface area contributed by atoms with E-state index in [9.17, 15) is 14.4 Å². The van der Waals surface area contributed by atoms with Crippen molar-refractivity contribution in [1.82, 2.24) is 10.2 Å². The first kappa shape index (κ1) is 22.9. The Morgan fingerprint density at radius 3 is 2.45 bits per heavy atom. The van der Waals surface area contributed by atoms with Gasteiger partial charge in [-0.2, -0.15) is 0 Å². The van der Waals surface area contributed by atoms with Gasteiger partial charge in [-0.1, -0.05) is 39.8 Å². The van der Waals surface area contributed by atoms with E-state index < -0.39 is 0 Å². The highest BCUT2D eigenvalue weighted by Crippen LogP contribution is 2.30. The minimum Gasteiger partial charge on any atom is -0.345 e. The summed E-state index contributed by atoms with van der Waals surface area (Å²) in [5, 5.41) is 5.39. The van der Waals surface area contributed by atoms with Crippen molar-refractivity contribution in [3.8, 4) is 0 Å². The SMILES string of the molecule is Cc1cccc(NC(=O)CNC(=O)CN(C(=O)CC(C)CC(C)(C)C)C2CC2)c1. The third-order valence-electron chi connectivity index (χ3n) is 4.85. The van der Waals surface area contributed by atoms with E-state index in [-0.39, 0.29) is 48.2 Å². The van der Waals surface area contributed by atoms with Crippen LogP contribution in [-0.2, 0) is 14.4 Å². The van der Waals surface area contributed by atoms with E-state index in [0.717, 1.165) is 24.8 Å². The molecule has 1 fully saturated rings. The van der Waals surface area contributed by atoms with Gasteiger partial charge in [0.2, 0.25) is 17.7 Å². The molecule has 1 aliphatic rings. The summed E-state index contributed by atoms with van der Waals surface area (Å²) >= 11 is 0. The molecule has 29 heavy (non-hydrogen) atoms. The summed E-state index contributed by atoms with van der Waals surface area (Å²) in [5.41, 5.74) is 1.92. The number of benzene rings is 1. The maximum Gasteiger partial charge on any atom is 0.243 e. The first-order valence-corrected chi connectivity index (χ1v) is 10.5. The van der Waals surface area contributed by atoms with Gasteiger partial charge in [-0.25, -0.2) is 0 Å². The van der Waals surface area contributed by atoms with E-state index in [1.54, 1.807) is 11.0 Å². The Morgan fingerprint density at radius 1 is 1.17 bits per heavy atom. The second kappa shape index (κ2) is 9.90. The summed E-state index contributed by atoms with van der Waals surface area (Å²) in [6.45, 7) is 10.4. The number of hydrogen-bond acceptors (Lipinski definition) is 3. The topological polar surface area (TPSA) is 78.5 Å². The van der Waals surface area contributed by atoms with E-state index in [1.165, 1.54) is 0 Å². The van der Waals surface area contributed by atoms with Crippen LogP contribution in [0.4, 0.5) is 5.69 Å². The van der Waals surface area contributed by atoms with E-state index in [4.69, 9.17) is 0 Å². The lowest BCUT2D eigenvalue weighted by Gasteiger charge is -2.26. The van der Waals surface area contributed by atoms with Crippen LogP contribution in [0, 0.1) is 18.3 Å². The fourth-order valence-corrected chi connectivity index (χ4v) is 3.66. The number of carbonyl (C=O) groups is 3. The van der Waals surface area contributed by atoms with Gasteiger partial charge in [0.1, 0.15) is 0 Å². The molecule has 2 N–H and O–H groups in total. The molecule has 160 valence electrons. The number of carbonyl (C=O) groups excluding carboxylic acids is 3. The van der Waals surface area contributed by atoms with Crippen LogP contribution in [0.15, 0.2) is 24.3 Å². The van der Waals surface area contributed by atoms with Gasteiger partial charge in [-0.3, -0.25) is 14.4 Å². The predicted octanol–water partition coefficient (Wildman–Crippen LogP) is 3.50. The van der Waals surface area contributed by atoms with E-state index in [1.807, 2.05) is 25.1 Å². The lowest BCUT2D eigenvalue weighted by Crippen LogP contribution is -2.44. The molecule has 1 unspecified atom stereocenters. The standard InChI is InChI=1S/C23H35N3O3/c1-16-7-6-8-18(11-16)25-20(27)14-24-21(28)15-26(19-9-10-19)22(29)12-17(2)13-23(3,4)5/h6-8,11,17,19H,9-10,12-15H2,1-5H3,(H,24,28)(H,25,27). The van der Waals surface area contributed by atoms with Gasteiger partial charge in [0.15, 0.2) is 0 Å². The summed E-state index contributed by atoms with van der Waals surface area (Å²) in [6.07, 6.45) is 3.30. The van der Waals surface area contributed by atoms with Crippen molar-refractivity contribution < 1.29 is 14.4 Å². The van der Waals surface area contributed by atoms with Crippen molar-refractivity contribution >= 4 is 23.4 Å². The van der Waals surface area contributed by atoms with Crippen molar-refractivity contribution in [2.24, 2.45) is 11.3 Å². The Balaban J connectivity index is 1.80. The number of anilines is 1. The number of nitrogens with zero attached hydrogens (tertiary/aromatic N) is 1. The van der Waals surface area contributed by atoms with E-state index in [2.05, 4.69) is 38.3 Å². The van der Waals surface area contributed by atoms with Gasteiger partial charge in [0.05, 0.1) is 13.1 Å². The summed E-state index contributed by atoms with van der Waals surface area (Å²) in [6, 6.07) is 7.65. The van der Waals surface area contributed by atoms with Gasteiger partial charge >= 0.3 is 0 Å². The third kappa shape index (κ3) is 8.67. The number of nitrogens with one attached hydrogen (secondary N) is 2. The van der Waals surface area contributed by atoms with Gasteiger partial charge in [0.25, 0.3) is 0 Å². The van der Waals surface area contributed by atoms with Gasteiger partial charge in [0, 0.05) is 18.2 Å². The highest BCUT2D eigenvalue weighted by Gasteiger charge is 2.34. The summed E-state index contributed by atoms with van der Waals surface area (Å²) in [7, 11) is 0. The lowest BCUT2D eigenvalue weighted by molar-refractivity contribution is -0.137. The maximum atomic E-state index is 12.7. The smallest absolute Gasteiger partial charge is 0.243 e. The number of aryl methyl sites for hydroxylation is 1. The quantitative estimate of drug-likeness (QED) is 0.665. The molecule has 1 aliphatic carbocycles. The molecule has 1 aromatic carbocycles. The van der Waals surface area contributed by atoms with Crippen LogP contribution in [0.25, 0.3) is 0 Å². The minimum absolute atomic E-state index is 0.0173. The van der Waals surface area contributed by atoms with Crippen molar-refractivity contribution in [3.63, 3.8) is 0 Å². The Morgan fingerprint density at radius 2 is 1.86 bits per heavy atom. The molecule has 0 bridgehead atoms. The van der Waals surface area contributed by atoms with Crippen LogP contribution >= 0.6 is 0 Å². The molecule has 3 amide bonds. The van der Waals surface area contributed by atoms with Crippen molar-refractivity contribution in [3.05, 3.63) is 29.8 Å². The monoisotopic (exact) mass is 401 g/mol. The van der Waals surface area contributed by atoms with Gasteiger partial charge < -0.3 is 15.5 Å². The van der Waals surface area contributed by atoms with Crippen molar-refractivity contribution in [2.45, 2.75) is 66.3 Å². The zero-order valence-corrected chi connectivity index (χ0v) is 18.4. The fourth-order valence-electron chi connectivity index (χ4n) is 3.66. The average molecular weight is 402 g/mol. The predicted molar refractivity (Wildman–Crippen MR) is 115 cm³/mol. The molecule has 0 radical (unpaired) electrons. The third-order valence-corrected chi connectivity index (χ3v) is 4.85. The molecule has 0 saturated heterocycles. The second-order valence-electron chi connectivity index (χ2n) is 9.52. The molecular formula is C23H35N3O3. The average Bonchev–Trinajstić information content (AvgIpc) is 3.40. The molecule has 2 rings (SSSR count). The van der Waals surface area contributed by atoms with Crippen molar-refractivity contribution in [2.75, 3.05) is 18.4 Å². The molecule has 1 saturated carbocycles. The number of rotatable bonds is 9. The molecular weight excluding hydrogens is 366 g/mol. The van der Waals surface area contributed by atoms with Crippen LogP contribution in [0.5, 0.6) is 0 Å². The van der Waals surface area contributed by atoms with Crippen molar-refractivity contribution in [1.29, 1.82) is 0 Å². The Bertz CT molecular complexity index is 735. The molecule has 0 spiro atoms. The fraction of sp³-hybridized carbons (Fsp3) is 0.609.